The van der Waals surface area contributed by atoms with Crippen molar-refractivity contribution < 1.29 is 0 Å². The molecule has 1 aromatic heterocycles. The standard InChI is InChI=1S/C16H27N3/c1-11(2)17-10-15-12(3)18-16(19-13(15)4)14-8-6-5-7-9-14/h11,14,17H,5-10H2,1-4H3. The van der Waals surface area contributed by atoms with Crippen LogP contribution in [-0.4, -0.2) is 16.0 Å². The van der Waals surface area contributed by atoms with Gasteiger partial charge in [0.1, 0.15) is 5.82 Å². The second-order valence-electron chi connectivity index (χ2n) is 6.10. The van der Waals surface area contributed by atoms with Crippen molar-refractivity contribution in [1.82, 2.24) is 15.3 Å². The van der Waals surface area contributed by atoms with Crippen molar-refractivity contribution in [3.8, 4) is 0 Å². The highest BCUT2D eigenvalue weighted by molar-refractivity contribution is 5.25. The molecule has 0 spiro atoms. The Hall–Kier alpha value is -0.960. The first-order valence-corrected chi connectivity index (χ1v) is 7.65. The van der Waals surface area contributed by atoms with Crippen LogP contribution in [-0.2, 0) is 6.54 Å². The van der Waals surface area contributed by atoms with Crippen LogP contribution in [0.4, 0.5) is 0 Å². The Morgan fingerprint density at radius 3 is 2.16 bits per heavy atom. The quantitative estimate of drug-likeness (QED) is 0.899. The summed E-state index contributed by atoms with van der Waals surface area (Å²) in [5.74, 6) is 1.68. The SMILES string of the molecule is Cc1nc(C2CCCCC2)nc(C)c1CNC(C)C. The Morgan fingerprint density at radius 2 is 1.63 bits per heavy atom. The number of hydrogen-bond acceptors (Lipinski definition) is 3. The lowest BCUT2D eigenvalue weighted by Gasteiger charge is -2.22. The third kappa shape index (κ3) is 3.75. The molecule has 0 amide bonds. The van der Waals surface area contributed by atoms with Crippen molar-refractivity contribution >= 4 is 0 Å². The molecule has 1 heterocycles. The molecule has 106 valence electrons. The molecule has 0 aliphatic heterocycles. The van der Waals surface area contributed by atoms with Crippen molar-refractivity contribution in [2.45, 2.75) is 78.3 Å². The third-order valence-corrected chi connectivity index (χ3v) is 4.10. The molecule has 19 heavy (non-hydrogen) atoms. The minimum Gasteiger partial charge on any atom is -0.310 e. The average Bonchev–Trinajstić information content (AvgIpc) is 2.38. The zero-order chi connectivity index (χ0) is 13.8. The van der Waals surface area contributed by atoms with Crippen molar-refractivity contribution in [3.05, 3.63) is 22.8 Å². The van der Waals surface area contributed by atoms with E-state index in [2.05, 4.69) is 33.0 Å². The van der Waals surface area contributed by atoms with Crippen molar-refractivity contribution in [2.75, 3.05) is 0 Å². The summed E-state index contributed by atoms with van der Waals surface area (Å²) in [4.78, 5) is 9.57. The van der Waals surface area contributed by atoms with Gasteiger partial charge in [-0.1, -0.05) is 33.1 Å². The van der Waals surface area contributed by atoms with Crippen LogP contribution in [0.5, 0.6) is 0 Å². The summed E-state index contributed by atoms with van der Waals surface area (Å²) in [5.41, 5.74) is 3.58. The fourth-order valence-corrected chi connectivity index (χ4v) is 2.87. The van der Waals surface area contributed by atoms with Crippen molar-refractivity contribution in [2.24, 2.45) is 0 Å². The maximum absolute atomic E-state index is 4.78. The summed E-state index contributed by atoms with van der Waals surface area (Å²) in [6.45, 7) is 9.46. The van der Waals surface area contributed by atoms with E-state index >= 15 is 0 Å². The third-order valence-electron chi connectivity index (χ3n) is 4.10. The minimum absolute atomic E-state index is 0.497. The first-order chi connectivity index (χ1) is 9.08. The first-order valence-electron chi connectivity index (χ1n) is 7.65. The van der Waals surface area contributed by atoms with Gasteiger partial charge in [-0.15, -0.1) is 0 Å². The Balaban J connectivity index is 2.15. The summed E-state index contributed by atoms with van der Waals surface area (Å²) in [7, 11) is 0. The van der Waals surface area contributed by atoms with Crippen molar-refractivity contribution in [1.29, 1.82) is 0 Å². The molecule has 0 radical (unpaired) electrons. The minimum atomic E-state index is 0.497. The van der Waals surface area contributed by atoms with E-state index in [4.69, 9.17) is 9.97 Å². The lowest BCUT2D eigenvalue weighted by Crippen LogP contribution is -2.24. The second-order valence-corrected chi connectivity index (χ2v) is 6.10. The van der Waals surface area contributed by atoms with Gasteiger partial charge in [0.15, 0.2) is 0 Å². The van der Waals surface area contributed by atoms with Crippen LogP contribution in [0.2, 0.25) is 0 Å². The largest absolute Gasteiger partial charge is 0.310 e. The van der Waals surface area contributed by atoms with Gasteiger partial charge in [-0.25, -0.2) is 9.97 Å². The van der Waals surface area contributed by atoms with Gasteiger partial charge in [-0.2, -0.15) is 0 Å². The van der Waals surface area contributed by atoms with E-state index in [-0.39, 0.29) is 0 Å². The Morgan fingerprint density at radius 1 is 1.05 bits per heavy atom. The number of hydrogen-bond donors (Lipinski definition) is 1. The van der Waals surface area contributed by atoms with Crippen LogP contribution in [0.1, 0.15) is 74.6 Å². The zero-order valence-corrected chi connectivity index (χ0v) is 12.8. The van der Waals surface area contributed by atoms with E-state index in [1.807, 2.05) is 0 Å². The van der Waals surface area contributed by atoms with Gasteiger partial charge in [0, 0.05) is 35.5 Å². The predicted molar refractivity (Wildman–Crippen MR) is 79.3 cm³/mol. The van der Waals surface area contributed by atoms with Crippen molar-refractivity contribution in [3.63, 3.8) is 0 Å². The summed E-state index contributed by atoms with van der Waals surface area (Å²) in [6.07, 6.45) is 6.58. The number of nitrogens with one attached hydrogen (secondary N) is 1. The van der Waals surface area contributed by atoms with E-state index in [1.54, 1.807) is 0 Å². The van der Waals surface area contributed by atoms with Crippen LogP contribution in [0, 0.1) is 13.8 Å². The summed E-state index contributed by atoms with van der Waals surface area (Å²) < 4.78 is 0. The molecule has 0 aromatic carbocycles. The number of rotatable bonds is 4. The maximum Gasteiger partial charge on any atom is 0.131 e. The summed E-state index contributed by atoms with van der Waals surface area (Å²) >= 11 is 0. The van der Waals surface area contributed by atoms with Gasteiger partial charge in [0.25, 0.3) is 0 Å². The topological polar surface area (TPSA) is 37.8 Å². The molecule has 1 N–H and O–H groups in total. The second kappa shape index (κ2) is 6.47. The molecule has 3 heteroatoms. The molecule has 0 bridgehead atoms. The van der Waals surface area contributed by atoms with Gasteiger partial charge < -0.3 is 5.32 Å². The van der Waals surface area contributed by atoms with Gasteiger partial charge >= 0.3 is 0 Å². The van der Waals surface area contributed by atoms with E-state index in [1.165, 1.54) is 37.7 Å². The molecule has 2 rings (SSSR count). The van der Waals surface area contributed by atoms with Gasteiger partial charge in [-0.05, 0) is 26.7 Å². The smallest absolute Gasteiger partial charge is 0.131 e. The van der Waals surface area contributed by atoms with Crippen LogP contribution in [0.25, 0.3) is 0 Å². The highest BCUT2D eigenvalue weighted by Gasteiger charge is 2.20. The molecule has 0 saturated heterocycles. The molecule has 1 aliphatic rings. The average molecular weight is 261 g/mol. The molecule has 0 atom stereocenters. The van der Waals surface area contributed by atoms with Crippen LogP contribution < -0.4 is 5.32 Å². The molecule has 1 aliphatic carbocycles. The molecule has 1 aromatic rings. The summed E-state index contributed by atoms with van der Waals surface area (Å²) in [6, 6.07) is 0.497. The number of aryl methyl sites for hydroxylation is 2. The Bertz CT molecular complexity index is 397. The molecule has 0 unspecified atom stereocenters. The van der Waals surface area contributed by atoms with Gasteiger partial charge in [0.2, 0.25) is 0 Å². The lowest BCUT2D eigenvalue weighted by atomic mass is 9.88. The fourth-order valence-electron chi connectivity index (χ4n) is 2.87. The normalized spacial score (nSPS) is 17.1. The van der Waals surface area contributed by atoms with Crippen LogP contribution >= 0.6 is 0 Å². The number of nitrogens with zero attached hydrogens (tertiary/aromatic N) is 2. The summed E-state index contributed by atoms with van der Waals surface area (Å²) in [5, 5.41) is 3.46. The zero-order valence-electron chi connectivity index (χ0n) is 12.8. The fraction of sp³-hybridized carbons (Fsp3) is 0.750. The number of aromatic nitrogens is 2. The lowest BCUT2D eigenvalue weighted by molar-refractivity contribution is 0.426. The molecular formula is C16H27N3. The molecular weight excluding hydrogens is 234 g/mol. The van der Waals surface area contributed by atoms with Gasteiger partial charge in [0.05, 0.1) is 0 Å². The Labute approximate surface area is 117 Å². The molecule has 1 saturated carbocycles. The highest BCUT2D eigenvalue weighted by Crippen LogP contribution is 2.31. The van der Waals surface area contributed by atoms with Crippen LogP contribution in [0.3, 0.4) is 0 Å². The molecule has 3 nitrogen and oxygen atoms in total. The van der Waals surface area contributed by atoms with Gasteiger partial charge in [-0.3, -0.25) is 0 Å². The predicted octanol–water partition coefficient (Wildman–Crippen LogP) is 3.64. The monoisotopic (exact) mass is 261 g/mol. The highest BCUT2D eigenvalue weighted by atomic mass is 14.9. The maximum atomic E-state index is 4.78. The Kier molecular flexibility index (Phi) is 4.92. The van der Waals surface area contributed by atoms with E-state index in [0.29, 0.717) is 12.0 Å². The van der Waals surface area contributed by atoms with Crippen LogP contribution in [0.15, 0.2) is 0 Å². The van der Waals surface area contributed by atoms with E-state index in [0.717, 1.165) is 23.8 Å². The van der Waals surface area contributed by atoms with E-state index in [9.17, 15) is 0 Å². The van der Waals surface area contributed by atoms with E-state index < -0.39 is 0 Å². The molecule has 1 fully saturated rings. The first kappa shape index (κ1) is 14.4.